The van der Waals surface area contributed by atoms with Crippen molar-refractivity contribution in [1.29, 1.82) is 0 Å². The summed E-state index contributed by atoms with van der Waals surface area (Å²) in [7, 11) is 0. The second kappa shape index (κ2) is 6.12. The largest absolute Gasteiger partial charge is 0.289 e. The molecule has 0 aromatic carbocycles. The summed E-state index contributed by atoms with van der Waals surface area (Å²) < 4.78 is 0. The van der Waals surface area contributed by atoms with Crippen LogP contribution in [0.3, 0.4) is 0 Å². The molecule has 0 aliphatic heterocycles. The van der Waals surface area contributed by atoms with E-state index in [1.165, 1.54) is 0 Å². The number of Topliss-reactive ketones (excluding diaryl/α,β-unsaturated/α-hetero) is 2. The molecule has 0 radical (unpaired) electrons. The van der Waals surface area contributed by atoms with Gasteiger partial charge in [-0.15, -0.1) is 0 Å². The summed E-state index contributed by atoms with van der Waals surface area (Å²) in [5.41, 5.74) is 2.30. The summed E-state index contributed by atoms with van der Waals surface area (Å²) in [6, 6.07) is 0. The van der Waals surface area contributed by atoms with E-state index in [1.807, 2.05) is 34.6 Å². The third-order valence-electron chi connectivity index (χ3n) is 3.75. The Morgan fingerprint density at radius 2 is 1.22 bits per heavy atom. The van der Waals surface area contributed by atoms with Crippen LogP contribution in [0.4, 0.5) is 0 Å². The monoisotopic (exact) mass is 250 g/mol. The maximum atomic E-state index is 12.2. The van der Waals surface area contributed by atoms with E-state index in [4.69, 9.17) is 0 Å². The SMILES string of the molecule is CC.CCC(C)(C)C1=C(C)C(=O)C(C)=C(C)C1=O. The lowest BCUT2D eigenvalue weighted by Gasteiger charge is -2.30. The molecule has 0 aromatic rings. The lowest BCUT2D eigenvalue weighted by molar-refractivity contribution is -0.117. The van der Waals surface area contributed by atoms with Crippen LogP contribution in [0.25, 0.3) is 0 Å². The standard InChI is InChI=1S/C14H20O2.C2H6/c1-7-14(5,6)11-10(4)12(15)8(2)9(3)13(11)16;1-2/h7H2,1-6H3;1-2H3. The van der Waals surface area contributed by atoms with Gasteiger partial charge in [0.25, 0.3) is 0 Å². The van der Waals surface area contributed by atoms with Crippen molar-refractivity contribution in [3.8, 4) is 0 Å². The zero-order valence-electron chi connectivity index (χ0n) is 13.0. The van der Waals surface area contributed by atoms with Crippen molar-refractivity contribution in [2.75, 3.05) is 0 Å². The number of carbonyl (C=O) groups is 2. The normalized spacial score (nSPS) is 16.9. The molecular weight excluding hydrogens is 224 g/mol. The minimum Gasteiger partial charge on any atom is -0.289 e. The molecule has 0 spiro atoms. The van der Waals surface area contributed by atoms with E-state index in [0.717, 1.165) is 6.42 Å². The second-order valence-electron chi connectivity index (χ2n) is 5.15. The average molecular weight is 250 g/mol. The lowest BCUT2D eigenvalue weighted by Crippen LogP contribution is -2.29. The molecule has 0 atom stereocenters. The zero-order valence-corrected chi connectivity index (χ0v) is 13.0. The Labute approximate surface area is 111 Å². The fourth-order valence-electron chi connectivity index (χ4n) is 2.08. The van der Waals surface area contributed by atoms with Gasteiger partial charge < -0.3 is 0 Å². The first kappa shape index (κ1) is 16.8. The van der Waals surface area contributed by atoms with Crippen molar-refractivity contribution in [3.63, 3.8) is 0 Å². The Kier molecular flexibility index (Phi) is 5.72. The number of carbonyl (C=O) groups excluding carboxylic acids is 2. The molecule has 2 heteroatoms. The summed E-state index contributed by atoms with van der Waals surface area (Å²) in [6.45, 7) is 15.3. The van der Waals surface area contributed by atoms with Crippen LogP contribution in [0.5, 0.6) is 0 Å². The number of rotatable bonds is 2. The highest BCUT2D eigenvalue weighted by molar-refractivity contribution is 6.25. The first-order valence-electron chi connectivity index (χ1n) is 6.72. The first-order valence-corrected chi connectivity index (χ1v) is 6.72. The van der Waals surface area contributed by atoms with E-state index < -0.39 is 0 Å². The molecule has 0 bridgehead atoms. The van der Waals surface area contributed by atoms with E-state index >= 15 is 0 Å². The quantitative estimate of drug-likeness (QED) is 0.686. The highest BCUT2D eigenvalue weighted by Crippen LogP contribution is 2.38. The predicted molar refractivity (Wildman–Crippen MR) is 76.5 cm³/mol. The Morgan fingerprint density at radius 3 is 1.61 bits per heavy atom. The minimum absolute atomic E-state index is 0.0219. The Balaban J connectivity index is 0.00000137. The van der Waals surface area contributed by atoms with Crippen LogP contribution in [0, 0.1) is 5.41 Å². The van der Waals surface area contributed by atoms with Crippen LogP contribution >= 0.6 is 0 Å². The highest BCUT2D eigenvalue weighted by Gasteiger charge is 2.35. The second-order valence-corrected chi connectivity index (χ2v) is 5.15. The van der Waals surface area contributed by atoms with Crippen molar-refractivity contribution in [2.24, 2.45) is 5.41 Å². The topological polar surface area (TPSA) is 34.1 Å². The number of allylic oxidation sites excluding steroid dienone is 4. The third kappa shape index (κ3) is 2.80. The molecule has 0 unspecified atom stereocenters. The molecule has 0 saturated carbocycles. The average Bonchev–Trinajstić information content (AvgIpc) is 2.36. The maximum Gasteiger partial charge on any atom is 0.186 e. The van der Waals surface area contributed by atoms with Gasteiger partial charge in [0.05, 0.1) is 0 Å². The molecule has 2 nitrogen and oxygen atoms in total. The summed E-state index contributed by atoms with van der Waals surface area (Å²) in [4.78, 5) is 24.2. The fraction of sp³-hybridized carbons (Fsp3) is 0.625. The molecule has 102 valence electrons. The Bertz CT molecular complexity index is 420. The van der Waals surface area contributed by atoms with Gasteiger partial charge in [-0.2, -0.15) is 0 Å². The predicted octanol–water partition coefficient (Wildman–Crippen LogP) is 4.25. The number of hydrogen-bond acceptors (Lipinski definition) is 2. The fourth-order valence-corrected chi connectivity index (χ4v) is 2.08. The van der Waals surface area contributed by atoms with Crippen LogP contribution in [0.15, 0.2) is 22.3 Å². The lowest BCUT2D eigenvalue weighted by atomic mass is 9.72. The molecular formula is C16H26O2. The van der Waals surface area contributed by atoms with Gasteiger partial charge in [-0.3, -0.25) is 9.59 Å². The Morgan fingerprint density at radius 1 is 0.833 bits per heavy atom. The van der Waals surface area contributed by atoms with Crippen molar-refractivity contribution < 1.29 is 9.59 Å². The van der Waals surface area contributed by atoms with Crippen LogP contribution in [-0.4, -0.2) is 11.6 Å². The van der Waals surface area contributed by atoms with E-state index in [2.05, 4.69) is 0 Å². The zero-order chi connectivity index (χ0) is 14.7. The minimum atomic E-state index is -0.223. The van der Waals surface area contributed by atoms with Crippen molar-refractivity contribution in [3.05, 3.63) is 22.3 Å². The van der Waals surface area contributed by atoms with E-state index in [-0.39, 0.29) is 17.0 Å². The Hall–Kier alpha value is -1.18. The molecule has 0 amide bonds. The van der Waals surface area contributed by atoms with E-state index in [1.54, 1.807) is 20.8 Å². The van der Waals surface area contributed by atoms with Crippen LogP contribution in [-0.2, 0) is 9.59 Å². The van der Waals surface area contributed by atoms with Crippen LogP contribution < -0.4 is 0 Å². The summed E-state index contributed by atoms with van der Waals surface area (Å²) in [5.74, 6) is 0.0649. The van der Waals surface area contributed by atoms with Crippen molar-refractivity contribution >= 4 is 11.6 Å². The summed E-state index contributed by atoms with van der Waals surface area (Å²) in [5, 5.41) is 0. The van der Waals surface area contributed by atoms with Gasteiger partial charge in [-0.1, -0.05) is 34.6 Å². The van der Waals surface area contributed by atoms with Crippen LogP contribution in [0.1, 0.15) is 61.8 Å². The van der Waals surface area contributed by atoms with Crippen LogP contribution in [0.2, 0.25) is 0 Å². The van der Waals surface area contributed by atoms with Gasteiger partial charge in [0, 0.05) is 22.3 Å². The molecule has 0 aromatic heterocycles. The van der Waals surface area contributed by atoms with Gasteiger partial charge >= 0.3 is 0 Å². The maximum absolute atomic E-state index is 12.2. The molecule has 0 N–H and O–H groups in total. The molecule has 18 heavy (non-hydrogen) atoms. The van der Waals surface area contributed by atoms with E-state index in [9.17, 15) is 9.59 Å². The first-order chi connectivity index (χ1) is 8.24. The summed E-state index contributed by atoms with van der Waals surface area (Å²) in [6.07, 6.45) is 0.852. The molecule has 1 aliphatic carbocycles. The van der Waals surface area contributed by atoms with Gasteiger partial charge in [0.2, 0.25) is 0 Å². The highest BCUT2D eigenvalue weighted by atomic mass is 16.1. The van der Waals surface area contributed by atoms with Crippen molar-refractivity contribution in [2.45, 2.75) is 61.8 Å². The molecule has 0 saturated heterocycles. The van der Waals surface area contributed by atoms with Gasteiger partial charge in [0.1, 0.15) is 0 Å². The van der Waals surface area contributed by atoms with Gasteiger partial charge in [0.15, 0.2) is 11.6 Å². The molecule has 1 aliphatic rings. The van der Waals surface area contributed by atoms with Crippen molar-refractivity contribution in [1.82, 2.24) is 0 Å². The van der Waals surface area contributed by atoms with Gasteiger partial charge in [-0.05, 0) is 32.6 Å². The van der Waals surface area contributed by atoms with Gasteiger partial charge in [-0.25, -0.2) is 0 Å². The number of hydrogen-bond donors (Lipinski definition) is 0. The van der Waals surface area contributed by atoms with E-state index in [0.29, 0.717) is 22.3 Å². The smallest absolute Gasteiger partial charge is 0.186 e. The summed E-state index contributed by atoms with van der Waals surface area (Å²) >= 11 is 0. The number of ketones is 2. The molecule has 0 heterocycles. The third-order valence-corrected chi connectivity index (χ3v) is 3.75. The molecule has 1 rings (SSSR count). The molecule has 0 fully saturated rings.